The molecule has 0 aliphatic carbocycles. The van der Waals surface area contributed by atoms with Crippen LogP contribution in [0.5, 0.6) is 0 Å². The molecule has 0 unspecified atom stereocenters. The molecule has 9 nitrogen and oxygen atoms in total. The predicted octanol–water partition coefficient (Wildman–Crippen LogP) is 1.17. The molecular weight excluding hydrogens is 425 g/mol. The number of amides is 2. The summed E-state index contributed by atoms with van der Waals surface area (Å²) in [4.78, 5) is 31.1. The van der Waals surface area contributed by atoms with Gasteiger partial charge >= 0.3 is 0 Å². The van der Waals surface area contributed by atoms with E-state index in [0.29, 0.717) is 18.5 Å². The van der Waals surface area contributed by atoms with Gasteiger partial charge in [0, 0.05) is 25.6 Å². The summed E-state index contributed by atoms with van der Waals surface area (Å²) < 4.78 is 14.0. The molecular formula is C23H26FN7O2. The third-order valence-electron chi connectivity index (χ3n) is 5.77. The van der Waals surface area contributed by atoms with Gasteiger partial charge in [-0.05, 0) is 35.6 Å². The second-order valence-electron chi connectivity index (χ2n) is 8.16. The van der Waals surface area contributed by atoms with E-state index in [1.807, 2.05) is 24.3 Å². The van der Waals surface area contributed by atoms with Crippen LogP contribution in [0.1, 0.15) is 33.7 Å². The number of anilines is 1. The number of nitrogens with one attached hydrogen (secondary N) is 2. The average Bonchev–Trinajstić information content (AvgIpc) is 3.24. The zero-order valence-corrected chi connectivity index (χ0v) is 18.0. The molecule has 0 fully saturated rings. The van der Waals surface area contributed by atoms with Crippen molar-refractivity contribution in [2.45, 2.75) is 37.9 Å². The third kappa shape index (κ3) is 5.35. The molecule has 33 heavy (non-hydrogen) atoms. The number of aromatic amines is 1. The van der Waals surface area contributed by atoms with Crippen LogP contribution in [0, 0.1) is 5.82 Å². The first-order chi connectivity index (χ1) is 15.9. The molecule has 10 heteroatoms. The maximum atomic E-state index is 14.0. The van der Waals surface area contributed by atoms with Gasteiger partial charge in [0.2, 0.25) is 17.7 Å². The molecule has 2 aromatic carbocycles. The van der Waals surface area contributed by atoms with Crippen LogP contribution in [-0.4, -0.2) is 50.5 Å². The Hall–Kier alpha value is -3.79. The van der Waals surface area contributed by atoms with E-state index in [1.54, 1.807) is 23.1 Å². The Bertz CT molecular complexity index is 1150. The fourth-order valence-corrected chi connectivity index (χ4v) is 4.09. The summed E-state index contributed by atoms with van der Waals surface area (Å²) >= 11 is 0. The first-order valence-electron chi connectivity index (χ1n) is 10.7. The molecule has 0 radical (unpaired) electrons. The minimum Gasteiger partial charge on any atom is -0.366 e. The van der Waals surface area contributed by atoms with Crippen molar-refractivity contribution in [3.05, 3.63) is 76.9 Å². The Morgan fingerprint density at radius 2 is 1.91 bits per heavy atom. The highest BCUT2D eigenvalue weighted by Crippen LogP contribution is 2.24. The molecule has 2 heterocycles. The van der Waals surface area contributed by atoms with E-state index < -0.39 is 11.9 Å². The second kappa shape index (κ2) is 9.78. The summed E-state index contributed by atoms with van der Waals surface area (Å²) in [5, 5.41) is 8.92. The molecule has 2 amide bonds. The first-order valence-corrected chi connectivity index (χ1v) is 10.7. The summed E-state index contributed by atoms with van der Waals surface area (Å²) in [5.41, 5.74) is 14.3. The van der Waals surface area contributed by atoms with Gasteiger partial charge in [0.05, 0.1) is 6.04 Å². The Morgan fingerprint density at radius 3 is 2.64 bits per heavy atom. The first kappa shape index (κ1) is 22.4. The van der Waals surface area contributed by atoms with Crippen LogP contribution in [0.4, 0.5) is 10.3 Å². The van der Waals surface area contributed by atoms with Crippen LogP contribution in [0.25, 0.3) is 0 Å². The number of aromatic nitrogens is 3. The summed E-state index contributed by atoms with van der Waals surface area (Å²) in [6.07, 6.45) is 0.917. The lowest BCUT2D eigenvalue weighted by Gasteiger charge is -2.37. The lowest BCUT2D eigenvalue weighted by atomic mass is 9.93. The van der Waals surface area contributed by atoms with Crippen molar-refractivity contribution in [2.24, 2.45) is 5.73 Å². The van der Waals surface area contributed by atoms with Gasteiger partial charge in [-0.1, -0.05) is 42.5 Å². The molecule has 0 spiro atoms. The van der Waals surface area contributed by atoms with Crippen LogP contribution in [0.2, 0.25) is 0 Å². The van der Waals surface area contributed by atoms with E-state index in [4.69, 9.17) is 11.5 Å². The van der Waals surface area contributed by atoms with Crippen LogP contribution >= 0.6 is 0 Å². The number of benzene rings is 2. The van der Waals surface area contributed by atoms with Crippen molar-refractivity contribution in [1.29, 1.82) is 0 Å². The van der Waals surface area contributed by atoms with E-state index in [2.05, 4.69) is 20.5 Å². The molecule has 1 aliphatic heterocycles. The van der Waals surface area contributed by atoms with Gasteiger partial charge in [0.15, 0.2) is 0 Å². The number of hydrogen-bond acceptors (Lipinski definition) is 6. The number of carbonyl (C=O) groups excluding carboxylic acids is 2. The Morgan fingerprint density at radius 1 is 1.18 bits per heavy atom. The van der Waals surface area contributed by atoms with Crippen molar-refractivity contribution in [3.63, 3.8) is 0 Å². The topological polar surface area (TPSA) is 143 Å². The van der Waals surface area contributed by atoms with E-state index in [9.17, 15) is 14.0 Å². The molecule has 3 aromatic rings. The number of carbonyl (C=O) groups is 2. The Labute approximate surface area is 190 Å². The number of H-pyrrole nitrogens is 1. The molecule has 4 rings (SSSR count). The van der Waals surface area contributed by atoms with E-state index in [0.717, 1.165) is 11.1 Å². The Kier molecular flexibility index (Phi) is 6.64. The summed E-state index contributed by atoms with van der Waals surface area (Å²) in [6, 6.07) is 13.5. The molecule has 0 saturated heterocycles. The molecule has 0 bridgehead atoms. The normalized spacial score (nSPS) is 16.2. The summed E-state index contributed by atoms with van der Waals surface area (Å²) in [6.45, 7) is 0.638. The zero-order valence-electron chi connectivity index (χ0n) is 18.0. The van der Waals surface area contributed by atoms with Crippen molar-refractivity contribution in [3.8, 4) is 0 Å². The molecule has 6 N–H and O–H groups in total. The van der Waals surface area contributed by atoms with Crippen molar-refractivity contribution >= 4 is 17.8 Å². The number of nitrogens with zero attached hydrogens (tertiary/aromatic N) is 3. The minimum atomic E-state index is -0.529. The molecule has 1 aromatic heterocycles. The minimum absolute atomic E-state index is 0.00787. The Balaban J connectivity index is 1.45. The predicted molar refractivity (Wildman–Crippen MR) is 120 cm³/mol. The monoisotopic (exact) mass is 451 g/mol. The lowest BCUT2D eigenvalue weighted by molar-refractivity contribution is -0.135. The van der Waals surface area contributed by atoms with Crippen molar-refractivity contribution < 1.29 is 14.0 Å². The number of halogens is 1. The molecule has 2 atom stereocenters. The highest BCUT2D eigenvalue weighted by atomic mass is 19.1. The van der Waals surface area contributed by atoms with E-state index >= 15 is 0 Å². The number of nitrogen functional groups attached to an aromatic ring is 1. The van der Waals surface area contributed by atoms with Gasteiger partial charge in [-0.2, -0.15) is 4.98 Å². The SMILES string of the molecule is Nc1n[nH]c(C(=O)NC[C@@H]2Cc3ccccc3CN2C(=O)C[C@H](N)Cc2ccccc2F)n1. The quantitative estimate of drug-likeness (QED) is 0.425. The summed E-state index contributed by atoms with van der Waals surface area (Å²) in [5.74, 6) is -0.944. The zero-order chi connectivity index (χ0) is 23.4. The average molecular weight is 452 g/mol. The lowest BCUT2D eigenvalue weighted by Crippen LogP contribution is -2.51. The number of fused-ring (bicyclic) bond motifs is 1. The van der Waals surface area contributed by atoms with Gasteiger partial charge in [-0.25, -0.2) is 4.39 Å². The van der Waals surface area contributed by atoms with Gasteiger partial charge in [0.25, 0.3) is 5.91 Å². The van der Waals surface area contributed by atoms with Crippen molar-refractivity contribution in [2.75, 3.05) is 12.3 Å². The molecule has 1 aliphatic rings. The number of hydrogen-bond donors (Lipinski definition) is 4. The van der Waals surface area contributed by atoms with Crippen LogP contribution in [-0.2, 0) is 24.2 Å². The highest BCUT2D eigenvalue weighted by molar-refractivity contribution is 5.90. The second-order valence-corrected chi connectivity index (χ2v) is 8.16. The largest absolute Gasteiger partial charge is 0.366 e. The standard InChI is InChI=1S/C23H26FN7O2/c24-19-8-4-3-6-15(19)9-17(25)11-20(32)31-13-16-7-2-1-5-14(16)10-18(31)12-27-22(33)21-28-23(26)30-29-21/h1-8,17-18H,9-13,25H2,(H,27,33)(H3,26,28,29,30)/t17-,18+/m1/s1. The van der Waals surface area contributed by atoms with Gasteiger partial charge in [-0.15, -0.1) is 5.10 Å². The summed E-state index contributed by atoms with van der Waals surface area (Å²) in [7, 11) is 0. The fraction of sp³-hybridized carbons (Fsp3) is 0.304. The van der Waals surface area contributed by atoms with Gasteiger partial charge < -0.3 is 21.7 Å². The molecule has 172 valence electrons. The molecule has 0 saturated carbocycles. The smallest absolute Gasteiger partial charge is 0.288 e. The van der Waals surface area contributed by atoms with Crippen molar-refractivity contribution in [1.82, 2.24) is 25.4 Å². The van der Waals surface area contributed by atoms with Gasteiger partial charge in [0.1, 0.15) is 5.82 Å². The maximum absolute atomic E-state index is 14.0. The van der Waals surface area contributed by atoms with Crippen LogP contribution in [0.3, 0.4) is 0 Å². The highest BCUT2D eigenvalue weighted by Gasteiger charge is 2.31. The number of rotatable bonds is 7. The van der Waals surface area contributed by atoms with Crippen LogP contribution < -0.4 is 16.8 Å². The van der Waals surface area contributed by atoms with E-state index in [1.165, 1.54) is 6.07 Å². The fourth-order valence-electron chi connectivity index (χ4n) is 4.09. The van der Waals surface area contributed by atoms with Gasteiger partial charge in [-0.3, -0.25) is 14.7 Å². The number of nitrogens with two attached hydrogens (primary N) is 2. The maximum Gasteiger partial charge on any atom is 0.288 e. The van der Waals surface area contributed by atoms with E-state index in [-0.39, 0.29) is 48.9 Å². The van der Waals surface area contributed by atoms with Crippen LogP contribution in [0.15, 0.2) is 48.5 Å². The third-order valence-corrected chi connectivity index (χ3v) is 5.77.